The molecule has 0 aliphatic carbocycles. The Kier molecular flexibility index (Phi) is 7.98. The maximum atomic E-state index is 13.6. The monoisotopic (exact) mass is 531 g/mol. The topological polar surface area (TPSA) is 60.9 Å². The van der Waals surface area contributed by atoms with E-state index in [0.717, 1.165) is 31.5 Å². The van der Waals surface area contributed by atoms with E-state index in [2.05, 4.69) is 60.4 Å². The lowest BCUT2D eigenvalue weighted by Crippen LogP contribution is -2.50. The van der Waals surface area contributed by atoms with Crippen molar-refractivity contribution in [2.75, 3.05) is 39.3 Å². The molecule has 0 spiro atoms. The predicted octanol–water partition coefficient (Wildman–Crippen LogP) is 4.96. The van der Waals surface area contributed by atoms with Gasteiger partial charge >= 0.3 is 0 Å². The predicted molar refractivity (Wildman–Crippen MR) is 151 cm³/mol. The third kappa shape index (κ3) is 5.55. The molecular formula is C31H37N3O3S. The Bertz CT molecular complexity index is 1310. The first kappa shape index (κ1) is 26.6. The van der Waals surface area contributed by atoms with Crippen LogP contribution >= 0.6 is 0 Å². The molecule has 0 N–H and O–H groups in total. The van der Waals surface area contributed by atoms with E-state index < -0.39 is 10.0 Å². The smallest absolute Gasteiger partial charge is 0.254 e. The molecule has 1 amide bonds. The second-order valence-electron chi connectivity index (χ2n) is 10.6. The molecule has 2 fully saturated rings. The lowest BCUT2D eigenvalue weighted by Gasteiger charge is -2.40. The number of benzene rings is 3. The van der Waals surface area contributed by atoms with Gasteiger partial charge in [0.25, 0.3) is 5.91 Å². The first-order valence-corrected chi connectivity index (χ1v) is 15.0. The number of piperazine rings is 1. The highest BCUT2D eigenvalue weighted by Crippen LogP contribution is 2.30. The van der Waals surface area contributed by atoms with Gasteiger partial charge in [0.15, 0.2) is 0 Å². The maximum Gasteiger partial charge on any atom is 0.254 e. The van der Waals surface area contributed by atoms with Crippen LogP contribution in [0.5, 0.6) is 0 Å². The number of carbonyl (C=O) groups is 1. The standard InChI is InChI=1S/C31H37N3O3S/c1-24-15-17-34(18-16-24)38(36,37)28-14-13-25(2)29(23-28)31(35)33-21-19-32(20-22-33)30(26-9-5-3-6-10-26)27-11-7-4-8-12-27/h3-14,23-24,30H,15-22H2,1-2H3. The van der Waals surface area contributed by atoms with Crippen molar-refractivity contribution in [2.45, 2.75) is 37.6 Å². The van der Waals surface area contributed by atoms with Crippen molar-refractivity contribution in [3.8, 4) is 0 Å². The molecule has 2 aliphatic rings. The lowest BCUT2D eigenvalue weighted by atomic mass is 9.96. The van der Waals surface area contributed by atoms with Crippen LogP contribution in [0.15, 0.2) is 83.8 Å². The zero-order chi connectivity index (χ0) is 26.7. The highest BCUT2D eigenvalue weighted by atomic mass is 32.2. The lowest BCUT2D eigenvalue weighted by molar-refractivity contribution is 0.0596. The van der Waals surface area contributed by atoms with Gasteiger partial charge in [0, 0.05) is 44.8 Å². The Morgan fingerprint density at radius 3 is 1.89 bits per heavy atom. The molecule has 0 radical (unpaired) electrons. The fraction of sp³-hybridized carbons (Fsp3) is 0.387. The minimum absolute atomic E-state index is 0.0950. The number of hydrogen-bond acceptors (Lipinski definition) is 4. The second-order valence-corrected chi connectivity index (χ2v) is 12.6. The van der Waals surface area contributed by atoms with Gasteiger partial charge in [0.2, 0.25) is 10.0 Å². The van der Waals surface area contributed by atoms with Crippen molar-refractivity contribution >= 4 is 15.9 Å². The Hall–Kier alpha value is -3.00. The van der Waals surface area contributed by atoms with E-state index in [0.29, 0.717) is 37.7 Å². The van der Waals surface area contributed by atoms with Gasteiger partial charge in [-0.05, 0) is 54.5 Å². The van der Waals surface area contributed by atoms with Gasteiger partial charge in [-0.3, -0.25) is 9.69 Å². The Morgan fingerprint density at radius 1 is 0.789 bits per heavy atom. The van der Waals surface area contributed by atoms with E-state index in [1.807, 2.05) is 24.0 Å². The molecule has 38 heavy (non-hydrogen) atoms. The van der Waals surface area contributed by atoms with Crippen molar-refractivity contribution in [1.82, 2.24) is 14.1 Å². The van der Waals surface area contributed by atoms with E-state index in [1.165, 1.54) is 11.1 Å². The van der Waals surface area contributed by atoms with Crippen LogP contribution in [-0.2, 0) is 10.0 Å². The van der Waals surface area contributed by atoms with Crippen molar-refractivity contribution in [2.24, 2.45) is 5.92 Å². The van der Waals surface area contributed by atoms with Gasteiger partial charge in [-0.2, -0.15) is 4.31 Å². The normalized spacial score (nSPS) is 18.1. The van der Waals surface area contributed by atoms with Crippen LogP contribution in [0.2, 0.25) is 0 Å². The van der Waals surface area contributed by atoms with Crippen molar-refractivity contribution < 1.29 is 13.2 Å². The number of nitrogens with zero attached hydrogens (tertiary/aromatic N) is 3. The van der Waals surface area contributed by atoms with Crippen LogP contribution < -0.4 is 0 Å². The quantitative estimate of drug-likeness (QED) is 0.451. The van der Waals surface area contributed by atoms with Gasteiger partial charge in [-0.1, -0.05) is 73.7 Å². The van der Waals surface area contributed by atoms with Gasteiger partial charge < -0.3 is 4.90 Å². The fourth-order valence-electron chi connectivity index (χ4n) is 5.60. The van der Waals surface area contributed by atoms with Crippen molar-refractivity contribution in [3.05, 3.63) is 101 Å². The van der Waals surface area contributed by atoms with Crippen molar-refractivity contribution in [1.29, 1.82) is 0 Å². The van der Waals surface area contributed by atoms with Crippen molar-refractivity contribution in [3.63, 3.8) is 0 Å². The average molecular weight is 532 g/mol. The van der Waals surface area contributed by atoms with E-state index >= 15 is 0 Å². The number of hydrogen-bond donors (Lipinski definition) is 0. The van der Waals surface area contributed by atoms with Crippen LogP contribution in [0.4, 0.5) is 0 Å². The Balaban J connectivity index is 1.32. The highest BCUT2D eigenvalue weighted by molar-refractivity contribution is 7.89. The summed E-state index contributed by atoms with van der Waals surface area (Å²) in [6.07, 6.45) is 1.74. The summed E-state index contributed by atoms with van der Waals surface area (Å²) in [5.41, 5.74) is 3.75. The van der Waals surface area contributed by atoms with Crippen LogP contribution in [-0.4, -0.2) is 67.7 Å². The summed E-state index contributed by atoms with van der Waals surface area (Å²) in [7, 11) is -3.62. The number of amides is 1. The van der Waals surface area contributed by atoms with E-state index in [1.54, 1.807) is 22.5 Å². The molecule has 6 nitrogen and oxygen atoms in total. The van der Waals surface area contributed by atoms with Gasteiger partial charge in [0.05, 0.1) is 10.9 Å². The third-order valence-corrected chi connectivity index (χ3v) is 9.91. The molecule has 2 aliphatic heterocycles. The van der Waals surface area contributed by atoms with Gasteiger partial charge in [-0.25, -0.2) is 8.42 Å². The SMILES string of the molecule is Cc1ccc(S(=O)(=O)N2CCC(C)CC2)cc1C(=O)N1CCN(C(c2ccccc2)c2ccccc2)CC1. The number of rotatable bonds is 6. The number of sulfonamides is 1. The molecule has 0 saturated carbocycles. The molecule has 0 unspecified atom stereocenters. The minimum atomic E-state index is -3.62. The summed E-state index contributed by atoms with van der Waals surface area (Å²) < 4.78 is 28.2. The van der Waals surface area contributed by atoms with Gasteiger partial charge in [0.1, 0.15) is 0 Å². The maximum absolute atomic E-state index is 13.6. The molecule has 5 rings (SSSR count). The zero-order valence-electron chi connectivity index (χ0n) is 22.3. The summed E-state index contributed by atoms with van der Waals surface area (Å²) in [5, 5.41) is 0. The van der Waals surface area contributed by atoms with Crippen LogP contribution in [0.1, 0.15) is 52.9 Å². The molecule has 3 aromatic carbocycles. The summed E-state index contributed by atoms with van der Waals surface area (Å²) >= 11 is 0. The van der Waals surface area contributed by atoms with E-state index in [-0.39, 0.29) is 16.8 Å². The zero-order valence-corrected chi connectivity index (χ0v) is 23.1. The fourth-order valence-corrected chi connectivity index (χ4v) is 7.10. The van der Waals surface area contributed by atoms with Crippen LogP contribution in [0.3, 0.4) is 0 Å². The Morgan fingerprint density at radius 2 is 1.34 bits per heavy atom. The first-order chi connectivity index (χ1) is 18.3. The molecule has 2 heterocycles. The summed E-state index contributed by atoms with van der Waals surface area (Å²) in [5.74, 6) is 0.445. The van der Waals surface area contributed by atoms with E-state index in [9.17, 15) is 13.2 Å². The average Bonchev–Trinajstić information content (AvgIpc) is 2.95. The largest absolute Gasteiger partial charge is 0.336 e. The molecule has 0 atom stereocenters. The molecule has 200 valence electrons. The van der Waals surface area contributed by atoms with Gasteiger partial charge in [-0.15, -0.1) is 0 Å². The summed E-state index contributed by atoms with van der Waals surface area (Å²) in [6, 6.07) is 26.1. The summed E-state index contributed by atoms with van der Waals surface area (Å²) in [4.78, 5) is 18.1. The highest BCUT2D eigenvalue weighted by Gasteiger charge is 2.31. The van der Waals surface area contributed by atoms with E-state index in [4.69, 9.17) is 0 Å². The number of carbonyl (C=O) groups excluding carboxylic acids is 1. The van der Waals surface area contributed by atoms with Crippen LogP contribution in [0.25, 0.3) is 0 Å². The first-order valence-electron chi connectivity index (χ1n) is 13.6. The number of piperidine rings is 1. The molecular weight excluding hydrogens is 494 g/mol. The molecule has 0 bridgehead atoms. The molecule has 2 saturated heterocycles. The van der Waals surface area contributed by atoms with Crippen LogP contribution in [0, 0.1) is 12.8 Å². The molecule has 0 aromatic heterocycles. The molecule has 7 heteroatoms. The Labute approximate surface area is 226 Å². The second kappa shape index (κ2) is 11.4. The third-order valence-electron chi connectivity index (χ3n) is 8.02. The minimum Gasteiger partial charge on any atom is -0.336 e. The molecule has 3 aromatic rings. The number of aryl methyl sites for hydroxylation is 1. The summed E-state index contributed by atoms with van der Waals surface area (Å²) in [6.45, 7) is 7.77.